The van der Waals surface area contributed by atoms with Gasteiger partial charge < -0.3 is 9.73 Å². The van der Waals surface area contributed by atoms with Crippen molar-refractivity contribution in [3.63, 3.8) is 0 Å². The number of anilines is 1. The maximum atomic E-state index is 11.8. The molecule has 0 radical (unpaired) electrons. The van der Waals surface area contributed by atoms with Crippen LogP contribution in [0.15, 0.2) is 34.2 Å². The number of fused-ring (bicyclic) bond motifs is 1. The molecule has 1 amide bonds. The van der Waals surface area contributed by atoms with Crippen molar-refractivity contribution in [2.24, 2.45) is 0 Å². The zero-order valence-electron chi connectivity index (χ0n) is 10.3. The molecule has 7 nitrogen and oxygen atoms in total. The second-order valence-corrected chi connectivity index (χ2v) is 5.66. The average Bonchev–Trinajstić information content (AvgIpc) is 3.00. The van der Waals surface area contributed by atoms with Gasteiger partial charge in [-0.1, -0.05) is 40.1 Å². The Hall–Kier alpha value is -1.77. The summed E-state index contributed by atoms with van der Waals surface area (Å²) in [6.07, 6.45) is 1.41. The number of thioether (sulfide) groups is 1. The van der Waals surface area contributed by atoms with Crippen LogP contribution in [0.5, 0.6) is 0 Å². The topological polar surface area (TPSA) is 85.3 Å². The second kappa shape index (κ2) is 5.92. The molecule has 0 saturated heterocycles. The van der Waals surface area contributed by atoms with Crippen LogP contribution in [0.4, 0.5) is 5.69 Å². The van der Waals surface area contributed by atoms with E-state index in [0.717, 1.165) is 11.8 Å². The molecule has 0 bridgehead atoms. The van der Waals surface area contributed by atoms with E-state index in [-0.39, 0.29) is 17.5 Å². The van der Waals surface area contributed by atoms with Crippen molar-refractivity contribution in [3.05, 3.63) is 34.6 Å². The Balaban J connectivity index is 1.60. The predicted molar refractivity (Wildman–Crippen MR) is 78.9 cm³/mol. The van der Waals surface area contributed by atoms with Crippen molar-refractivity contribution in [3.8, 4) is 0 Å². The van der Waals surface area contributed by atoms with Crippen molar-refractivity contribution in [1.82, 2.24) is 19.8 Å². The molecule has 0 fully saturated rings. The number of halogens is 2. The van der Waals surface area contributed by atoms with Gasteiger partial charge in [-0.15, -0.1) is 10.2 Å². The summed E-state index contributed by atoms with van der Waals surface area (Å²) in [5.74, 6) is 0.160. The van der Waals surface area contributed by atoms with Gasteiger partial charge in [0.15, 0.2) is 0 Å². The minimum Gasteiger partial charge on any atom is -0.396 e. The Morgan fingerprint density at radius 3 is 3.05 bits per heavy atom. The molecule has 0 unspecified atom stereocenters. The summed E-state index contributed by atoms with van der Waals surface area (Å²) in [7, 11) is 0. The van der Waals surface area contributed by atoms with Gasteiger partial charge in [0.1, 0.15) is 6.33 Å². The molecule has 108 valence electrons. The molecule has 3 rings (SSSR count). The van der Waals surface area contributed by atoms with E-state index in [2.05, 4.69) is 20.6 Å². The van der Waals surface area contributed by atoms with Crippen LogP contribution in [0.2, 0.25) is 10.0 Å². The van der Waals surface area contributed by atoms with E-state index in [4.69, 9.17) is 27.6 Å². The van der Waals surface area contributed by atoms with Gasteiger partial charge in [0.25, 0.3) is 5.22 Å². The van der Waals surface area contributed by atoms with E-state index in [9.17, 15) is 4.79 Å². The molecule has 0 aliphatic rings. The number of nitrogens with one attached hydrogen (secondary N) is 1. The van der Waals surface area contributed by atoms with Crippen molar-refractivity contribution >= 4 is 52.4 Å². The van der Waals surface area contributed by atoms with Crippen LogP contribution in [-0.2, 0) is 4.79 Å². The number of amides is 1. The summed E-state index contributed by atoms with van der Waals surface area (Å²) in [6.45, 7) is 0. The third kappa shape index (κ3) is 3.29. The highest BCUT2D eigenvalue weighted by Gasteiger charge is 2.11. The van der Waals surface area contributed by atoms with Gasteiger partial charge in [0, 0.05) is 5.02 Å². The summed E-state index contributed by atoms with van der Waals surface area (Å²) < 4.78 is 6.65. The number of hydrogen-bond acceptors (Lipinski definition) is 6. The van der Waals surface area contributed by atoms with Crippen molar-refractivity contribution < 1.29 is 9.21 Å². The van der Waals surface area contributed by atoms with Gasteiger partial charge >= 0.3 is 5.84 Å². The molecule has 1 aromatic carbocycles. The zero-order valence-corrected chi connectivity index (χ0v) is 12.6. The number of hydrogen-bond donors (Lipinski definition) is 1. The van der Waals surface area contributed by atoms with Crippen molar-refractivity contribution in [1.29, 1.82) is 0 Å². The summed E-state index contributed by atoms with van der Waals surface area (Å²) in [5, 5.41) is 15.2. The molecular formula is C11H7Cl2N5O2S. The molecule has 0 saturated carbocycles. The first-order valence-corrected chi connectivity index (χ1v) is 7.40. The molecule has 0 spiro atoms. The lowest BCUT2D eigenvalue weighted by atomic mass is 10.3. The third-order valence-electron chi connectivity index (χ3n) is 2.40. The lowest BCUT2D eigenvalue weighted by molar-refractivity contribution is -0.113. The molecule has 0 aliphatic heterocycles. The fourth-order valence-electron chi connectivity index (χ4n) is 1.50. The lowest BCUT2D eigenvalue weighted by Gasteiger charge is -2.06. The van der Waals surface area contributed by atoms with Gasteiger partial charge in [-0.3, -0.25) is 4.79 Å². The van der Waals surface area contributed by atoms with Gasteiger partial charge in [-0.25, -0.2) is 0 Å². The van der Waals surface area contributed by atoms with Crippen LogP contribution < -0.4 is 5.32 Å². The van der Waals surface area contributed by atoms with Crippen molar-refractivity contribution in [2.75, 3.05) is 11.1 Å². The Bertz CT molecular complexity index is 774. The number of rotatable bonds is 4. The summed E-state index contributed by atoms with van der Waals surface area (Å²) in [4.78, 5) is 11.8. The highest BCUT2D eigenvalue weighted by molar-refractivity contribution is 7.99. The summed E-state index contributed by atoms with van der Waals surface area (Å²) in [6, 6.07) is 4.84. The largest absolute Gasteiger partial charge is 0.396 e. The summed E-state index contributed by atoms with van der Waals surface area (Å²) >= 11 is 12.9. The zero-order chi connectivity index (χ0) is 14.8. The molecule has 1 N–H and O–H groups in total. The number of benzene rings is 1. The third-order valence-corrected chi connectivity index (χ3v) is 3.77. The monoisotopic (exact) mass is 343 g/mol. The van der Waals surface area contributed by atoms with E-state index < -0.39 is 0 Å². The molecule has 3 aromatic rings. The number of carbonyl (C=O) groups excluding carboxylic acids is 1. The minimum absolute atomic E-state index is 0.121. The molecule has 0 atom stereocenters. The number of nitrogens with zero attached hydrogens (tertiary/aromatic N) is 4. The number of aromatic nitrogens is 4. The summed E-state index contributed by atoms with van der Waals surface area (Å²) in [5.41, 5.74) is 0.498. The molecule has 2 heterocycles. The fraction of sp³-hybridized carbons (Fsp3) is 0.0909. The highest BCUT2D eigenvalue weighted by atomic mass is 35.5. The van der Waals surface area contributed by atoms with Gasteiger partial charge in [0.2, 0.25) is 5.91 Å². The van der Waals surface area contributed by atoms with Gasteiger partial charge in [-0.05, 0) is 18.2 Å². The second-order valence-electron chi connectivity index (χ2n) is 3.89. The normalized spacial score (nSPS) is 11.0. The Morgan fingerprint density at radius 2 is 2.29 bits per heavy atom. The van der Waals surface area contributed by atoms with Gasteiger partial charge in [-0.2, -0.15) is 4.52 Å². The SMILES string of the molecule is O=C(CSc1nn2cnnc2o1)Nc1ccc(Cl)cc1Cl. The van der Waals surface area contributed by atoms with Crippen LogP contribution in [0.1, 0.15) is 0 Å². The van der Waals surface area contributed by atoms with Crippen LogP contribution in [0, 0.1) is 0 Å². The molecule has 21 heavy (non-hydrogen) atoms. The van der Waals surface area contributed by atoms with E-state index in [0.29, 0.717) is 21.0 Å². The maximum Gasteiger partial charge on any atom is 0.345 e. The van der Waals surface area contributed by atoms with E-state index >= 15 is 0 Å². The smallest absolute Gasteiger partial charge is 0.345 e. The Labute approximate surface area is 132 Å². The highest BCUT2D eigenvalue weighted by Crippen LogP contribution is 2.26. The standard InChI is InChI=1S/C11H7Cl2N5O2S/c12-6-1-2-8(7(13)3-6)15-9(19)4-21-11-17-18-5-14-16-10(18)20-11/h1-3,5H,4H2,(H,15,19). The Morgan fingerprint density at radius 1 is 1.43 bits per heavy atom. The lowest BCUT2D eigenvalue weighted by Crippen LogP contribution is -2.14. The van der Waals surface area contributed by atoms with E-state index in [1.807, 2.05) is 0 Å². The first-order chi connectivity index (χ1) is 10.1. The van der Waals surface area contributed by atoms with E-state index in [1.165, 1.54) is 10.8 Å². The van der Waals surface area contributed by atoms with Crippen LogP contribution >= 0.6 is 35.0 Å². The van der Waals surface area contributed by atoms with Gasteiger partial charge in [0.05, 0.1) is 16.5 Å². The predicted octanol–water partition coefficient (Wildman–Crippen LogP) is 2.75. The molecule has 2 aromatic heterocycles. The average molecular weight is 344 g/mol. The fourth-order valence-corrected chi connectivity index (χ4v) is 2.57. The first kappa shape index (κ1) is 14.2. The van der Waals surface area contributed by atoms with Crippen LogP contribution in [0.25, 0.3) is 5.84 Å². The van der Waals surface area contributed by atoms with Crippen molar-refractivity contribution in [2.45, 2.75) is 5.22 Å². The molecule has 10 heteroatoms. The first-order valence-electron chi connectivity index (χ1n) is 5.66. The molecule has 0 aliphatic carbocycles. The van der Waals surface area contributed by atoms with Crippen LogP contribution in [0.3, 0.4) is 0 Å². The quantitative estimate of drug-likeness (QED) is 0.733. The van der Waals surface area contributed by atoms with Crippen LogP contribution in [-0.4, -0.2) is 31.5 Å². The maximum absolute atomic E-state index is 11.8. The molecular weight excluding hydrogens is 337 g/mol. The van der Waals surface area contributed by atoms with E-state index in [1.54, 1.807) is 18.2 Å². The number of carbonyl (C=O) groups is 1. The minimum atomic E-state index is -0.238. The Kier molecular flexibility index (Phi) is 4.00.